The van der Waals surface area contributed by atoms with Gasteiger partial charge < -0.3 is 15.4 Å². The predicted octanol–water partition coefficient (Wildman–Crippen LogP) is 1.41. The summed E-state index contributed by atoms with van der Waals surface area (Å²) in [5.74, 6) is 1.34. The largest absolute Gasteiger partial charge is 0.490 e. The van der Waals surface area contributed by atoms with Crippen LogP contribution < -0.4 is 15.4 Å². The molecule has 1 aromatic carbocycles. The molecule has 2 rings (SSSR count). The second-order valence-corrected chi connectivity index (χ2v) is 6.52. The summed E-state index contributed by atoms with van der Waals surface area (Å²) in [5, 5.41) is 5.58. The van der Waals surface area contributed by atoms with Crippen molar-refractivity contribution >= 4 is 16.8 Å². The molecule has 2 amide bonds. The van der Waals surface area contributed by atoms with Gasteiger partial charge in [0.05, 0.1) is 6.04 Å². The molecule has 0 spiro atoms. The van der Waals surface area contributed by atoms with Crippen molar-refractivity contribution in [3.8, 4) is 5.75 Å². The third-order valence-electron chi connectivity index (χ3n) is 3.46. The average Bonchev–Trinajstić information content (AvgIpc) is 2.77. The highest BCUT2D eigenvalue weighted by Gasteiger charge is 2.27. The number of fused-ring (bicyclic) bond motifs is 1. The summed E-state index contributed by atoms with van der Waals surface area (Å²) in [6, 6.07) is 3.65. The van der Waals surface area contributed by atoms with E-state index in [0.717, 1.165) is 16.9 Å². The fraction of sp³-hybridized carbons (Fsp3) is 0.500. The van der Waals surface area contributed by atoms with Crippen LogP contribution in [-0.4, -0.2) is 35.4 Å². The Balaban J connectivity index is 1.95. The summed E-state index contributed by atoms with van der Waals surface area (Å²) < 4.78 is 16.6. The topological polar surface area (TPSA) is 67.4 Å². The van der Waals surface area contributed by atoms with Crippen LogP contribution in [0.1, 0.15) is 22.7 Å². The second-order valence-electron chi connectivity index (χ2n) is 4.97. The molecule has 6 heteroatoms. The number of hydrogen-bond donors (Lipinski definition) is 2. The van der Waals surface area contributed by atoms with Crippen LogP contribution in [0.2, 0.25) is 0 Å². The maximum atomic E-state index is 11.8. The smallest absolute Gasteiger partial charge is 0.315 e. The van der Waals surface area contributed by atoms with Gasteiger partial charge in [0.25, 0.3) is 0 Å². The highest BCUT2D eigenvalue weighted by atomic mass is 32.2. The molecule has 0 saturated carbocycles. The van der Waals surface area contributed by atoms with E-state index in [9.17, 15) is 9.00 Å². The SMILES string of the molecule is Cc1ccc2c(c1C)OC[C@@H]2NC(=O)NCC[S@@](C)=O. The normalized spacial score (nSPS) is 18.1. The minimum Gasteiger partial charge on any atom is -0.490 e. The highest BCUT2D eigenvalue weighted by Crippen LogP contribution is 2.36. The molecule has 5 nitrogen and oxygen atoms in total. The number of urea groups is 1. The van der Waals surface area contributed by atoms with E-state index in [2.05, 4.69) is 10.6 Å². The van der Waals surface area contributed by atoms with E-state index in [4.69, 9.17) is 4.74 Å². The Labute approximate surface area is 121 Å². The monoisotopic (exact) mass is 296 g/mol. The van der Waals surface area contributed by atoms with Gasteiger partial charge in [0.2, 0.25) is 0 Å². The zero-order chi connectivity index (χ0) is 14.7. The first-order valence-electron chi connectivity index (χ1n) is 6.56. The summed E-state index contributed by atoms with van der Waals surface area (Å²) in [7, 11) is -0.895. The van der Waals surface area contributed by atoms with Crippen molar-refractivity contribution in [3.63, 3.8) is 0 Å². The molecular formula is C14H20N2O3S. The van der Waals surface area contributed by atoms with Crippen LogP contribution in [0.4, 0.5) is 4.79 Å². The molecule has 1 aromatic rings. The minimum absolute atomic E-state index is 0.128. The lowest BCUT2D eigenvalue weighted by Gasteiger charge is -2.13. The molecule has 0 radical (unpaired) electrons. The molecule has 20 heavy (non-hydrogen) atoms. The van der Waals surface area contributed by atoms with Crippen molar-refractivity contribution in [3.05, 3.63) is 28.8 Å². The molecule has 0 fully saturated rings. The fourth-order valence-corrected chi connectivity index (χ4v) is 2.56. The third-order valence-corrected chi connectivity index (χ3v) is 4.24. The van der Waals surface area contributed by atoms with Crippen LogP contribution in [-0.2, 0) is 10.8 Å². The van der Waals surface area contributed by atoms with Crippen LogP contribution in [0.25, 0.3) is 0 Å². The van der Waals surface area contributed by atoms with E-state index in [-0.39, 0.29) is 12.1 Å². The molecular weight excluding hydrogens is 276 g/mol. The first-order chi connectivity index (χ1) is 9.49. The number of aryl methyl sites for hydroxylation is 1. The van der Waals surface area contributed by atoms with E-state index >= 15 is 0 Å². The zero-order valence-electron chi connectivity index (χ0n) is 12.0. The van der Waals surface area contributed by atoms with Crippen LogP contribution in [0.5, 0.6) is 5.75 Å². The van der Waals surface area contributed by atoms with Gasteiger partial charge in [-0.15, -0.1) is 0 Å². The molecule has 1 aliphatic rings. The number of ether oxygens (including phenoxy) is 1. The van der Waals surface area contributed by atoms with E-state index in [0.29, 0.717) is 18.9 Å². The first kappa shape index (κ1) is 14.8. The molecule has 110 valence electrons. The van der Waals surface area contributed by atoms with Crippen molar-refractivity contribution < 1.29 is 13.7 Å². The number of hydrogen-bond acceptors (Lipinski definition) is 3. The van der Waals surface area contributed by atoms with Gasteiger partial charge in [0.1, 0.15) is 12.4 Å². The van der Waals surface area contributed by atoms with Crippen molar-refractivity contribution in [2.24, 2.45) is 0 Å². The fourth-order valence-electron chi connectivity index (χ4n) is 2.17. The van der Waals surface area contributed by atoms with E-state index < -0.39 is 10.8 Å². The van der Waals surface area contributed by atoms with Gasteiger partial charge in [0, 0.05) is 34.9 Å². The van der Waals surface area contributed by atoms with Gasteiger partial charge in [-0.2, -0.15) is 0 Å². The van der Waals surface area contributed by atoms with Crippen LogP contribution in [0, 0.1) is 13.8 Å². The summed E-state index contributed by atoms with van der Waals surface area (Å²) >= 11 is 0. The van der Waals surface area contributed by atoms with E-state index in [1.807, 2.05) is 26.0 Å². The Morgan fingerprint density at radius 3 is 2.90 bits per heavy atom. The lowest BCUT2D eigenvalue weighted by molar-refractivity contribution is 0.232. The Bertz CT molecular complexity index is 545. The summed E-state index contributed by atoms with van der Waals surface area (Å²) in [6.45, 7) is 4.92. The summed E-state index contributed by atoms with van der Waals surface area (Å²) in [4.78, 5) is 11.8. The van der Waals surface area contributed by atoms with Gasteiger partial charge in [-0.05, 0) is 25.0 Å². The maximum Gasteiger partial charge on any atom is 0.315 e. The lowest BCUT2D eigenvalue weighted by atomic mass is 10.0. The summed E-state index contributed by atoms with van der Waals surface area (Å²) in [6.07, 6.45) is 1.62. The number of benzene rings is 1. The molecule has 2 atom stereocenters. The number of carbonyl (C=O) groups excluding carboxylic acids is 1. The Morgan fingerprint density at radius 1 is 1.45 bits per heavy atom. The van der Waals surface area contributed by atoms with E-state index in [1.165, 1.54) is 5.56 Å². The number of nitrogens with one attached hydrogen (secondary N) is 2. The molecule has 1 aliphatic heterocycles. The molecule has 0 bridgehead atoms. The van der Waals surface area contributed by atoms with Gasteiger partial charge >= 0.3 is 6.03 Å². The highest BCUT2D eigenvalue weighted by molar-refractivity contribution is 7.84. The van der Waals surface area contributed by atoms with Gasteiger partial charge in [0.15, 0.2) is 0 Å². The van der Waals surface area contributed by atoms with Gasteiger partial charge in [-0.1, -0.05) is 12.1 Å². The van der Waals surface area contributed by atoms with Crippen molar-refractivity contribution in [1.29, 1.82) is 0 Å². The molecule has 0 saturated heterocycles. The van der Waals surface area contributed by atoms with Crippen LogP contribution in [0.3, 0.4) is 0 Å². The minimum atomic E-state index is -0.895. The lowest BCUT2D eigenvalue weighted by Crippen LogP contribution is -2.40. The second kappa shape index (κ2) is 6.26. The quantitative estimate of drug-likeness (QED) is 0.883. The van der Waals surface area contributed by atoms with Crippen molar-refractivity contribution in [1.82, 2.24) is 10.6 Å². The Kier molecular flexibility index (Phi) is 4.65. The Hall–Kier alpha value is -1.56. The molecule has 0 aliphatic carbocycles. The molecule has 0 unspecified atom stereocenters. The Morgan fingerprint density at radius 2 is 2.20 bits per heavy atom. The first-order valence-corrected chi connectivity index (χ1v) is 8.29. The van der Waals surface area contributed by atoms with Gasteiger partial charge in [-0.25, -0.2) is 4.79 Å². The van der Waals surface area contributed by atoms with E-state index in [1.54, 1.807) is 6.26 Å². The summed E-state index contributed by atoms with van der Waals surface area (Å²) in [5.41, 5.74) is 3.31. The van der Waals surface area contributed by atoms with Crippen molar-refractivity contribution in [2.45, 2.75) is 19.9 Å². The molecule has 0 aromatic heterocycles. The predicted molar refractivity (Wildman–Crippen MR) is 79.6 cm³/mol. The third kappa shape index (κ3) is 3.30. The molecule has 1 heterocycles. The van der Waals surface area contributed by atoms with Crippen molar-refractivity contribution in [2.75, 3.05) is 25.2 Å². The van der Waals surface area contributed by atoms with Crippen LogP contribution >= 0.6 is 0 Å². The average molecular weight is 296 g/mol. The number of amides is 2. The van der Waals surface area contributed by atoms with Crippen LogP contribution in [0.15, 0.2) is 12.1 Å². The maximum absolute atomic E-state index is 11.8. The number of carbonyl (C=O) groups is 1. The molecule has 2 N–H and O–H groups in total. The van der Waals surface area contributed by atoms with Gasteiger partial charge in [-0.3, -0.25) is 4.21 Å². The zero-order valence-corrected chi connectivity index (χ0v) is 12.8. The standard InChI is InChI=1S/C14H20N2O3S/c1-9-4-5-11-12(8-19-13(11)10(9)2)16-14(17)15-6-7-20(3)18/h4-5,12H,6-8H2,1-3H3,(H2,15,16,17)/t12-,20+/m0/s1. The number of rotatable bonds is 4.